The van der Waals surface area contributed by atoms with Crippen LogP contribution < -0.4 is 5.32 Å². The standard InChI is InChI=1S/C18H14ClF3N2/c1-10-3-5-13(9-15(10)19)24-16-7-11(2)23-17-8-12(18(20,21)22)4-6-14(16)17/h3-9H,1-2H3,(H,23,24). The molecule has 3 aromatic rings. The van der Waals surface area contributed by atoms with E-state index in [-0.39, 0.29) is 0 Å². The fourth-order valence-corrected chi connectivity index (χ4v) is 2.65. The van der Waals surface area contributed by atoms with Gasteiger partial charge in [0.15, 0.2) is 0 Å². The molecule has 0 fully saturated rings. The number of rotatable bonds is 2. The molecule has 0 aliphatic rings. The number of alkyl halides is 3. The summed E-state index contributed by atoms with van der Waals surface area (Å²) in [5.41, 5.74) is 2.61. The number of hydrogen-bond acceptors (Lipinski definition) is 2. The summed E-state index contributed by atoms with van der Waals surface area (Å²) in [7, 11) is 0. The summed E-state index contributed by atoms with van der Waals surface area (Å²) >= 11 is 6.12. The number of aromatic nitrogens is 1. The maximum Gasteiger partial charge on any atom is 0.416 e. The van der Waals surface area contributed by atoms with Crippen molar-refractivity contribution in [2.75, 3.05) is 5.32 Å². The minimum absolute atomic E-state index is 0.297. The van der Waals surface area contributed by atoms with Crippen molar-refractivity contribution >= 4 is 33.9 Å². The molecule has 0 bridgehead atoms. The number of aryl methyl sites for hydroxylation is 2. The maximum atomic E-state index is 12.9. The van der Waals surface area contributed by atoms with Gasteiger partial charge in [-0.15, -0.1) is 0 Å². The zero-order valence-electron chi connectivity index (χ0n) is 13.0. The molecule has 0 unspecified atom stereocenters. The molecular weight excluding hydrogens is 337 g/mol. The fourth-order valence-electron chi connectivity index (χ4n) is 2.47. The van der Waals surface area contributed by atoms with Crippen LogP contribution in [-0.2, 0) is 6.18 Å². The molecule has 0 aliphatic carbocycles. The van der Waals surface area contributed by atoms with Gasteiger partial charge in [0.2, 0.25) is 0 Å². The Morgan fingerprint density at radius 2 is 1.75 bits per heavy atom. The van der Waals surface area contributed by atoms with Crippen LogP contribution in [0.15, 0.2) is 42.5 Å². The first-order valence-electron chi connectivity index (χ1n) is 7.26. The lowest BCUT2D eigenvalue weighted by Crippen LogP contribution is -2.05. The summed E-state index contributed by atoms with van der Waals surface area (Å²) in [6.07, 6.45) is -4.39. The monoisotopic (exact) mass is 350 g/mol. The molecule has 0 saturated carbocycles. The van der Waals surface area contributed by atoms with Crippen molar-refractivity contribution in [3.05, 3.63) is 64.3 Å². The third-order valence-corrected chi connectivity index (χ3v) is 4.12. The van der Waals surface area contributed by atoms with Gasteiger partial charge in [0, 0.05) is 27.5 Å². The predicted molar refractivity (Wildman–Crippen MR) is 91.0 cm³/mol. The van der Waals surface area contributed by atoms with Crippen molar-refractivity contribution in [3.8, 4) is 0 Å². The van der Waals surface area contributed by atoms with Gasteiger partial charge in [-0.2, -0.15) is 13.2 Å². The van der Waals surface area contributed by atoms with Crippen LogP contribution in [0.3, 0.4) is 0 Å². The summed E-state index contributed by atoms with van der Waals surface area (Å²) < 4.78 is 38.7. The van der Waals surface area contributed by atoms with Gasteiger partial charge in [0.1, 0.15) is 0 Å². The number of anilines is 2. The number of nitrogens with one attached hydrogen (secondary N) is 1. The minimum atomic E-state index is -4.39. The van der Waals surface area contributed by atoms with Gasteiger partial charge < -0.3 is 5.32 Å². The van der Waals surface area contributed by atoms with E-state index in [4.69, 9.17) is 11.6 Å². The Kier molecular flexibility index (Phi) is 4.13. The lowest BCUT2D eigenvalue weighted by Gasteiger charge is -2.13. The van der Waals surface area contributed by atoms with Crippen LogP contribution in [0.5, 0.6) is 0 Å². The van der Waals surface area contributed by atoms with Gasteiger partial charge in [0.25, 0.3) is 0 Å². The van der Waals surface area contributed by atoms with Gasteiger partial charge in [-0.25, -0.2) is 0 Å². The molecule has 0 saturated heterocycles. The van der Waals surface area contributed by atoms with E-state index in [9.17, 15) is 13.2 Å². The van der Waals surface area contributed by atoms with Crippen molar-refractivity contribution < 1.29 is 13.2 Å². The van der Waals surface area contributed by atoms with Gasteiger partial charge >= 0.3 is 6.18 Å². The molecule has 0 amide bonds. The Morgan fingerprint density at radius 1 is 1.00 bits per heavy atom. The summed E-state index contributed by atoms with van der Waals surface area (Å²) in [6, 6.07) is 10.9. The van der Waals surface area contributed by atoms with E-state index in [0.717, 1.165) is 23.4 Å². The SMILES string of the molecule is Cc1cc(Nc2ccc(C)c(Cl)c2)c2ccc(C(F)(F)F)cc2n1. The second-order valence-corrected chi connectivity index (χ2v) is 6.04. The summed E-state index contributed by atoms with van der Waals surface area (Å²) in [5, 5.41) is 4.44. The summed E-state index contributed by atoms with van der Waals surface area (Å²) in [6.45, 7) is 3.64. The largest absolute Gasteiger partial charge is 0.416 e. The van der Waals surface area contributed by atoms with E-state index >= 15 is 0 Å². The Labute approximate surface area is 142 Å². The number of pyridine rings is 1. The molecule has 1 aromatic heterocycles. The van der Waals surface area contributed by atoms with Crippen molar-refractivity contribution in [1.29, 1.82) is 0 Å². The highest BCUT2D eigenvalue weighted by atomic mass is 35.5. The zero-order chi connectivity index (χ0) is 17.5. The van der Waals surface area contributed by atoms with Crippen molar-refractivity contribution in [3.63, 3.8) is 0 Å². The number of benzene rings is 2. The molecule has 0 atom stereocenters. The smallest absolute Gasteiger partial charge is 0.355 e. The number of fused-ring (bicyclic) bond motifs is 1. The molecule has 0 aliphatic heterocycles. The zero-order valence-corrected chi connectivity index (χ0v) is 13.8. The Bertz CT molecular complexity index is 920. The highest BCUT2D eigenvalue weighted by Gasteiger charge is 2.30. The quantitative estimate of drug-likeness (QED) is 0.589. The van der Waals surface area contributed by atoms with E-state index in [1.807, 2.05) is 19.1 Å². The predicted octanol–water partition coefficient (Wildman–Crippen LogP) is 6.27. The molecule has 124 valence electrons. The maximum absolute atomic E-state index is 12.9. The van der Waals surface area contributed by atoms with E-state index in [1.165, 1.54) is 6.07 Å². The Hall–Kier alpha value is -2.27. The molecule has 6 heteroatoms. The van der Waals surface area contributed by atoms with Crippen LogP contribution >= 0.6 is 11.6 Å². The molecule has 3 rings (SSSR count). The van der Waals surface area contributed by atoms with Crippen LogP contribution in [0, 0.1) is 13.8 Å². The molecule has 24 heavy (non-hydrogen) atoms. The van der Waals surface area contributed by atoms with E-state index < -0.39 is 11.7 Å². The Morgan fingerprint density at radius 3 is 2.42 bits per heavy atom. The molecule has 1 N–H and O–H groups in total. The normalized spacial score (nSPS) is 11.8. The average molecular weight is 351 g/mol. The van der Waals surface area contributed by atoms with Crippen molar-refractivity contribution in [2.24, 2.45) is 0 Å². The van der Waals surface area contributed by atoms with Crippen LogP contribution in [0.4, 0.5) is 24.5 Å². The molecule has 2 aromatic carbocycles. The first-order valence-corrected chi connectivity index (χ1v) is 7.63. The number of halogens is 4. The topological polar surface area (TPSA) is 24.9 Å². The highest BCUT2D eigenvalue weighted by molar-refractivity contribution is 6.31. The van der Waals surface area contributed by atoms with Gasteiger partial charge in [-0.1, -0.05) is 23.7 Å². The number of hydrogen-bond donors (Lipinski definition) is 1. The van der Waals surface area contributed by atoms with Gasteiger partial charge in [0.05, 0.1) is 11.1 Å². The molecule has 1 heterocycles. The highest BCUT2D eigenvalue weighted by Crippen LogP contribution is 2.34. The van der Waals surface area contributed by atoms with Crippen molar-refractivity contribution in [2.45, 2.75) is 20.0 Å². The van der Waals surface area contributed by atoms with E-state index in [2.05, 4.69) is 10.3 Å². The van der Waals surface area contributed by atoms with Gasteiger partial charge in [-0.3, -0.25) is 4.98 Å². The minimum Gasteiger partial charge on any atom is -0.355 e. The molecule has 2 nitrogen and oxygen atoms in total. The number of nitrogens with zero attached hydrogens (tertiary/aromatic N) is 1. The van der Waals surface area contributed by atoms with Crippen LogP contribution in [0.25, 0.3) is 10.9 Å². The first kappa shape index (κ1) is 16.6. The fraction of sp³-hybridized carbons (Fsp3) is 0.167. The van der Waals surface area contributed by atoms with Crippen molar-refractivity contribution in [1.82, 2.24) is 4.98 Å². The van der Waals surface area contributed by atoms with E-state index in [0.29, 0.717) is 27.3 Å². The summed E-state index contributed by atoms with van der Waals surface area (Å²) in [4.78, 5) is 4.22. The third-order valence-electron chi connectivity index (χ3n) is 3.72. The lowest BCUT2D eigenvalue weighted by molar-refractivity contribution is -0.137. The second kappa shape index (κ2) is 5.98. The molecule has 0 radical (unpaired) electrons. The van der Waals surface area contributed by atoms with Gasteiger partial charge in [-0.05, 0) is 49.7 Å². The Balaban J connectivity index is 2.08. The summed E-state index contributed by atoms with van der Waals surface area (Å²) in [5.74, 6) is 0. The van der Waals surface area contributed by atoms with E-state index in [1.54, 1.807) is 19.1 Å². The third kappa shape index (κ3) is 3.31. The van der Waals surface area contributed by atoms with Crippen LogP contribution in [0.1, 0.15) is 16.8 Å². The first-order chi connectivity index (χ1) is 11.2. The molecular formula is C18H14ClF3N2. The molecule has 0 spiro atoms. The second-order valence-electron chi connectivity index (χ2n) is 5.63. The average Bonchev–Trinajstić information content (AvgIpc) is 2.49. The van der Waals surface area contributed by atoms with Crippen LogP contribution in [-0.4, -0.2) is 4.98 Å². The lowest BCUT2D eigenvalue weighted by atomic mass is 10.1. The van der Waals surface area contributed by atoms with Crippen LogP contribution in [0.2, 0.25) is 5.02 Å².